The molecule has 0 aliphatic rings. The van der Waals surface area contributed by atoms with E-state index in [0.29, 0.717) is 6.54 Å². The van der Waals surface area contributed by atoms with Crippen molar-refractivity contribution in [2.75, 3.05) is 11.9 Å². The van der Waals surface area contributed by atoms with Gasteiger partial charge in [0.15, 0.2) is 5.78 Å². The molecular formula is C17H19NO. The average Bonchev–Trinajstić information content (AvgIpc) is 2.46. The monoisotopic (exact) mass is 253 g/mol. The van der Waals surface area contributed by atoms with E-state index >= 15 is 0 Å². The van der Waals surface area contributed by atoms with Crippen molar-refractivity contribution in [2.45, 2.75) is 13.8 Å². The van der Waals surface area contributed by atoms with Crippen LogP contribution in [0.3, 0.4) is 0 Å². The number of benzene rings is 2. The van der Waals surface area contributed by atoms with Gasteiger partial charge in [0, 0.05) is 23.2 Å². The van der Waals surface area contributed by atoms with E-state index in [1.807, 2.05) is 74.5 Å². The summed E-state index contributed by atoms with van der Waals surface area (Å²) in [6.45, 7) is 4.56. The van der Waals surface area contributed by atoms with Crippen LogP contribution >= 0.6 is 0 Å². The van der Waals surface area contributed by atoms with Crippen LogP contribution in [0.15, 0.2) is 60.7 Å². The van der Waals surface area contributed by atoms with Gasteiger partial charge in [-0.3, -0.25) is 4.79 Å². The maximum absolute atomic E-state index is 12.4. The molecular weight excluding hydrogens is 234 g/mol. The number of rotatable bonds is 5. The number of para-hydroxylation sites is 1. The molecule has 0 spiro atoms. The van der Waals surface area contributed by atoms with Crippen molar-refractivity contribution in [2.24, 2.45) is 5.41 Å². The largest absolute Gasteiger partial charge is 0.384 e. The van der Waals surface area contributed by atoms with E-state index in [0.717, 1.165) is 11.3 Å². The molecule has 0 bridgehead atoms. The second-order valence-corrected chi connectivity index (χ2v) is 5.30. The van der Waals surface area contributed by atoms with Gasteiger partial charge in [-0.1, -0.05) is 62.4 Å². The Bertz CT molecular complexity index is 532. The van der Waals surface area contributed by atoms with Crippen LogP contribution in [0, 0.1) is 5.41 Å². The second-order valence-electron chi connectivity index (χ2n) is 5.30. The zero-order valence-electron chi connectivity index (χ0n) is 11.4. The first kappa shape index (κ1) is 13.3. The lowest BCUT2D eigenvalue weighted by atomic mass is 9.84. The Kier molecular flexibility index (Phi) is 4.00. The minimum absolute atomic E-state index is 0.163. The minimum Gasteiger partial charge on any atom is -0.384 e. The van der Waals surface area contributed by atoms with Crippen LogP contribution in [0.1, 0.15) is 24.2 Å². The van der Waals surface area contributed by atoms with Crippen molar-refractivity contribution in [3.05, 3.63) is 66.2 Å². The molecule has 0 aliphatic carbocycles. The van der Waals surface area contributed by atoms with Gasteiger partial charge in [-0.25, -0.2) is 0 Å². The fraction of sp³-hybridized carbons (Fsp3) is 0.235. The summed E-state index contributed by atoms with van der Waals surface area (Å²) < 4.78 is 0. The first-order valence-corrected chi connectivity index (χ1v) is 6.48. The summed E-state index contributed by atoms with van der Waals surface area (Å²) >= 11 is 0. The van der Waals surface area contributed by atoms with E-state index in [-0.39, 0.29) is 5.78 Å². The smallest absolute Gasteiger partial charge is 0.170 e. The standard InChI is InChI=1S/C17H19NO/c1-17(2,13-18-15-11-7-4-8-12-15)16(19)14-9-5-3-6-10-14/h3-12,18H,13H2,1-2H3. The molecule has 2 aromatic carbocycles. The number of carbonyl (C=O) groups is 1. The maximum atomic E-state index is 12.4. The Labute approximate surface area is 114 Å². The number of Topliss-reactive ketones (excluding diaryl/α,β-unsaturated/α-hetero) is 1. The van der Waals surface area contributed by atoms with Gasteiger partial charge in [-0.15, -0.1) is 0 Å². The lowest BCUT2D eigenvalue weighted by molar-refractivity contribution is 0.0852. The van der Waals surface area contributed by atoms with E-state index in [4.69, 9.17) is 0 Å². The first-order chi connectivity index (χ1) is 9.09. The number of nitrogens with one attached hydrogen (secondary N) is 1. The number of ketones is 1. The molecule has 0 aromatic heterocycles. The van der Waals surface area contributed by atoms with Crippen LogP contribution in [0.2, 0.25) is 0 Å². The van der Waals surface area contributed by atoms with Crippen LogP contribution in [0.4, 0.5) is 5.69 Å². The van der Waals surface area contributed by atoms with E-state index in [9.17, 15) is 4.79 Å². The highest BCUT2D eigenvalue weighted by Gasteiger charge is 2.28. The molecule has 0 saturated heterocycles. The zero-order valence-corrected chi connectivity index (χ0v) is 11.4. The molecule has 0 fully saturated rings. The molecule has 2 aromatic rings. The van der Waals surface area contributed by atoms with Gasteiger partial charge in [0.2, 0.25) is 0 Å². The Morgan fingerprint density at radius 1 is 0.947 bits per heavy atom. The van der Waals surface area contributed by atoms with Crippen LogP contribution < -0.4 is 5.32 Å². The third kappa shape index (κ3) is 3.44. The molecule has 0 aliphatic heterocycles. The van der Waals surface area contributed by atoms with Gasteiger partial charge in [0.05, 0.1) is 0 Å². The Morgan fingerprint density at radius 3 is 2.05 bits per heavy atom. The van der Waals surface area contributed by atoms with Crippen molar-refractivity contribution in [3.8, 4) is 0 Å². The molecule has 0 heterocycles. The lowest BCUT2D eigenvalue weighted by Crippen LogP contribution is -2.32. The number of anilines is 1. The molecule has 2 rings (SSSR count). The minimum atomic E-state index is -0.433. The normalized spacial score (nSPS) is 11.1. The highest BCUT2D eigenvalue weighted by molar-refractivity contribution is 6.00. The van der Waals surface area contributed by atoms with E-state index in [2.05, 4.69) is 5.32 Å². The molecule has 98 valence electrons. The molecule has 0 saturated carbocycles. The first-order valence-electron chi connectivity index (χ1n) is 6.48. The third-order valence-electron chi connectivity index (χ3n) is 3.16. The predicted molar refractivity (Wildman–Crippen MR) is 79.5 cm³/mol. The fourth-order valence-electron chi connectivity index (χ4n) is 1.94. The van der Waals surface area contributed by atoms with E-state index in [1.54, 1.807) is 0 Å². The summed E-state index contributed by atoms with van der Waals surface area (Å²) in [5, 5.41) is 3.31. The lowest BCUT2D eigenvalue weighted by Gasteiger charge is -2.24. The summed E-state index contributed by atoms with van der Waals surface area (Å²) in [7, 11) is 0. The molecule has 0 atom stereocenters. The molecule has 2 nitrogen and oxygen atoms in total. The quantitative estimate of drug-likeness (QED) is 0.816. The van der Waals surface area contributed by atoms with Crippen molar-refractivity contribution in [1.29, 1.82) is 0 Å². The Hall–Kier alpha value is -2.09. The number of hydrogen-bond acceptors (Lipinski definition) is 2. The molecule has 1 N–H and O–H groups in total. The van der Waals surface area contributed by atoms with Gasteiger partial charge in [0.25, 0.3) is 0 Å². The maximum Gasteiger partial charge on any atom is 0.170 e. The second kappa shape index (κ2) is 5.70. The van der Waals surface area contributed by atoms with Crippen LogP contribution in [-0.2, 0) is 0 Å². The molecule has 19 heavy (non-hydrogen) atoms. The number of carbonyl (C=O) groups excluding carboxylic acids is 1. The van der Waals surface area contributed by atoms with Crippen LogP contribution in [-0.4, -0.2) is 12.3 Å². The molecule has 0 unspecified atom stereocenters. The summed E-state index contributed by atoms with van der Waals surface area (Å²) in [6.07, 6.45) is 0. The summed E-state index contributed by atoms with van der Waals surface area (Å²) in [5.41, 5.74) is 1.37. The van der Waals surface area contributed by atoms with Crippen molar-refractivity contribution in [1.82, 2.24) is 0 Å². The SMILES string of the molecule is CC(C)(CNc1ccccc1)C(=O)c1ccccc1. The van der Waals surface area contributed by atoms with Crippen molar-refractivity contribution in [3.63, 3.8) is 0 Å². The Morgan fingerprint density at radius 2 is 1.47 bits per heavy atom. The fourth-order valence-corrected chi connectivity index (χ4v) is 1.94. The summed E-state index contributed by atoms with van der Waals surface area (Å²) in [6, 6.07) is 19.4. The summed E-state index contributed by atoms with van der Waals surface area (Å²) in [4.78, 5) is 12.4. The molecule has 0 amide bonds. The van der Waals surface area contributed by atoms with Gasteiger partial charge < -0.3 is 5.32 Å². The third-order valence-corrected chi connectivity index (χ3v) is 3.16. The van der Waals surface area contributed by atoms with Crippen molar-refractivity contribution >= 4 is 11.5 Å². The van der Waals surface area contributed by atoms with Gasteiger partial charge in [-0.05, 0) is 12.1 Å². The number of hydrogen-bond donors (Lipinski definition) is 1. The zero-order chi connectivity index (χ0) is 13.7. The van der Waals surface area contributed by atoms with E-state index < -0.39 is 5.41 Å². The van der Waals surface area contributed by atoms with Gasteiger partial charge in [-0.2, -0.15) is 0 Å². The highest BCUT2D eigenvalue weighted by atomic mass is 16.1. The summed E-state index contributed by atoms with van der Waals surface area (Å²) in [5.74, 6) is 0.163. The van der Waals surface area contributed by atoms with Gasteiger partial charge >= 0.3 is 0 Å². The highest BCUT2D eigenvalue weighted by Crippen LogP contribution is 2.22. The van der Waals surface area contributed by atoms with E-state index in [1.165, 1.54) is 0 Å². The Balaban J connectivity index is 2.04. The van der Waals surface area contributed by atoms with Crippen LogP contribution in [0.5, 0.6) is 0 Å². The average molecular weight is 253 g/mol. The topological polar surface area (TPSA) is 29.1 Å². The predicted octanol–water partition coefficient (Wildman–Crippen LogP) is 4.01. The van der Waals surface area contributed by atoms with Gasteiger partial charge in [0.1, 0.15) is 0 Å². The molecule has 0 radical (unpaired) electrons. The van der Waals surface area contributed by atoms with Crippen molar-refractivity contribution < 1.29 is 4.79 Å². The van der Waals surface area contributed by atoms with Crippen LogP contribution in [0.25, 0.3) is 0 Å². The molecule has 2 heteroatoms.